The highest BCUT2D eigenvalue weighted by molar-refractivity contribution is 5.79. The molecule has 160 valence electrons. The summed E-state index contributed by atoms with van der Waals surface area (Å²) in [6.07, 6.45) is 1.55. The molecule has 7 nitrogen and oxygen atoms in total. The maximum atomic E-state index is 12.9. The summed E-state index contributed by atoms with van der Waals surface area (Å²) >= 11 is 0. The van der Waals surface area contributed by atoms with Crippen LogP contribution in [0.3, 0.4) is 0 Å². The van der Waals surface area contributed by atoms with Crippen molar-refractivity contribution in [3.8, 4) is 23.0 Å². The van der Waals surface area contributed by atoms with E-state index in [0.717, 1.165) is 41.8 Å². The summed E-state index contributed by atoms with van der Waals surface area (Å²) < 4.78 is 27.2. The van der Waals surface area contributed by atoms with Crippen molar-refractivity contribution in [3.63, 3.8) is 0 Å². The molecule has 0 fully saturated rings. The predicted molar refractivity (Wildman–Crippen MR) is 111 cm³/mol. The second-order valence-corrected chi connectivity index (χ2v) is 7.45. The summed E-state index contributed by atoms with van der Waals surface area (Å²) in [5.41, 5.74) is 4.31. The summed E-state index contributed by atoms with van der Waals surface area (Å²) in [5.74, 6) is 2.38. The van der Waals surface area contributed by atoms with Crippen LogP contribution >= 0.6 is 0 Å². The summed E-state index contributed by atoms with van der Waals surface area (Å²) in [6, 6.07) is 7.45. The Balaban J connectivity index is 1.87. The lowest BCUT2D eigenvalue weighted by molar-refractivity contribution is -0.149. The van der Waals surface area contributed by atoms with Crippen molar-refractivity contribution in [1.82, 2.24) is 4.90 Å². The molecule has 0 bridgehead atoms. The van der Waals surface area contributed by atoms with Crippen molar-refractivity contribution in [1.29, 1.82) is 0 Å². The number of esters is 1. The minimum atomic E-state index is -0.509. The fourth-order valence-corrected chi connectivity index (χ4v) is 4.71. The molecule has 0 amide bonds. The van der Waals surface area contributed by atoms with Crippen molar-refractivity contribution >= 4 is 5.97 Å². The zero-order valence-corrected chi connectivity index (χ0v) is 18.0. The Kier molecular flexibility index (Phi) is 5.47. The number of nitrogens with zero attached hydrogens (tertiary/aromatic N) is 1. The molecule has 2 aromatic rings. The number of hydrogen-bond acceptors (Lipinski definition) is 7. The molecule has 0 radical (unpaired) electrons. The summed E-state index contributed by atoms with van der Waals surface area (Å²) in [7, 11) is 7.92. The van der Waals surface area contributed by atoms with Crippen LogP contribution in [0.25, 0.3) is 0 Å². The molecule has 0 spiro atoms. The van der Waals surface area contributed by atoms with E-state index in [1.54, 1.807) is 28.4 Å². The van der Waals surface area contributed by atoms with Gasteiger partial charge in [-0.2, -0.15) is 0 Å². The lowest BCUT2D eigenvalue weighted by Gasteiger charge is -2.45. The first-order valence-corrected chi connectivity index (χ1v) is 9.89. The predicted octanol–water partition coefficient (Wildman–Crippen LogP) is 3.09. The molecule has 2 aliphatic heterocycles. The summed E-state index contributed by atoms with van der Waals surface area (Å²) in [5, 5.41) is 0. The van der Waals surface area contributed by atoms with Crippen LogP contribution in [0.1, 0.15) is 34.3 Å². The third-order valence-electron chi connectivity index (χ3n) is 6.15. The van der Waals surface area contributed by atoms with E-state index in [4.69, 9.17) is 23.7 Å². The first-order valence-electron chi connectivity index (χ1n) is 9.89. The highest BCUT2D eigenvalue weighted by Crippen LogP contribution is 2.48. The molecule has 2 heterocycles. The van der Waals surface area contributed by atoms with Crippen LogP contribution in [0.2, 0.25) is 0 Å². The van der Waals surface area contributed by atoms with Crippen LogP contribution in [0.4, 0.5) is 0 Å². The molecule has 0 aliphatic carbocycles. The molecule has 0 aromatic heterocycles. The number of rotatable bonds is 5. The van der Waals surface area contributed by atoms with Gasteiger partial charge in [0.2, 0.25) is 0 Å². The summed E-state index contributed by atoms with van der Waals surface area (Å²) in [6.45, 7) is 0.737. The number of benzene rings is 2. The van der Waals surface area contributed by atoms with Crippen molar-refractivity contribution in [2.24, 2.45) is 0 Å². The largest absolute Gasteiger partial charge is 0.493 e. The Hall–Kier alpha value is -2.93. The van der Waals surface area contributed by atoms with Crippen molar-refractivity contribution in [2.45, 2.75) is 24.9 Å². The van der Waals surface area contributed by atoms with Crippen molar-refractivity contribution < 1.29 is 28.5 Å². The molecule has 7 heteroatoms. The van der Waals surface area contributed by atoms with Gasteiger partial charge < -0.3 is 23.7 Å². The second-order valence-electron chi connectivity index (χ2n) is 7.45. The van der Waals surface area contributed by atoms with Gasteiger partial charge in [-0.25, -0.2) is 4.79 Å². The first kappa shape index (κ1) is 20.3. The van der Waals surface area contributed by atoms with E-state index >= 15 is 0 Å². The zero-order valence-electron chi connectivity index (χ0n) is 18.0. The monoisotopic (exact) mass is 413 g/mol. The van der Waals surface area contributed by atoms with Crippen LogP contribution in [-0.2, 0) is 22.4 Å². The quantitative estimate of drug-likeness (QED) is 0.698. The van der Waals surface area contributed by atoms with Gasteiger partial charge in [0.25, 0.3) is 0 Å². The maximum Gasteiger partial charge on any atom is 0.327 e. The Labute approximate surface area is 176 Å². The van der Waals surface area contributed by atoms with Gasteiger partial charge >= 0.3 is 5.97 Å². The van der Waals surface area contributed by atoms with E-state index in [-0.39, 0.29) is 12.0 Å². The molecule has 2 aromatic carbocycles. The lowest BCUT2D eigenvalue weighted by Crippen LogP contribution is -2.46. The molecule has 2 atom stereocenters. The number of carbonyl (C=O) groups is 1. The highest BCUT2D eigenvalue weighted by Gasteiger charge is 2.43. The molecule has 30 heavy (non-hydrogen) atoms. The molecule has 4 rings (SSSR count). The highest BCUT2D eigenvalue weighted by atomic mass is 16.5. The van der Waals surface area contributed by atoms with Gasteiger partial charge in [-0.1, -0.05) is 0 Å². The first-order chi connectivity index (χ1) is 14.6. The molecule has 2 aliphatic rings. The molecule has 0 unspecified atom stereocenters. The Morgan fingerprint density at radius 2 is 1.33 bits per heavy atom. The average Bonchev–Trinajstić information content (AvgIpc) is 2.79. The van der Waals surface area contributed by atoms with E-state index in [2.05, 4.69) is 4.90 Å². The summed E-state index contributed by atoms with van der Waals surface area (Å²) in [4.78, 5) is 15.1. The molecular weight excluding hydrogens is 386 g/mol. The Morgan fingerprint density at radius 3 is 1.90 bits per heavy atom. The van der Waals surface area contributed by atoms with Gasteiger partial charge in [0, 0.05) is 12.6 Å². The number of ether oxygens (including phenoxy) is 5. The van der Waals surface area contributed by atoms with Crippen molar-refractivity contribution in [2.75, 3.05) is 42.1 Å². The second kappa shape index (κ2) is 8.07. The van der Waals surface area contributed by atoms with E-state index in [0.29, 0.717) is 17.2 Å². The van der Waals surface area contributed by atoms with Crippen LogP contribution < -0.4 is 18.9 Å². The fourth-order valence-electron chi connectivity index (χ4n) is 4.71. The van der Waals surface area contributed by atoms with Gasteiger partial charge in [-0.05, 0) is 59.4 Å². The van der Waals surface area contributed by atoms with Crippen LogP contribution in [-0.4, -0.2) is 53.0 Å². The minimum absolute atomic E-state index is 0.0169. The number of carbonyl (C=O) groups excluding carboxylic acids is 1. The number of fused-ring (bicyclic) bond motifs is 4. The number of methoxy groups -OCH3 is 5. The third kappa shape index (κ3) is 3.13. The molecular formula is C23H27NO6. The Bertz CT molecular complexity index is 973. The Morgan fingerprint density at radius 1 is 0.800 bits per heavy atom. The fraction of sp³-hybridized carbons (Fsp3) is 0.435. The minimum Gasteiger partial charge on any atom is -0.493 e. The van der Waals surface area contributed by atoms with Crippen LogP contribution in [0, 0.1) is 0 Å². The van der Waals surface area contributed by atoms with E-state index in [9.17, 15) is 4.79 Å². The van der Waals surface area contributed by atoms with Crippen LogP contribution in [0.15, 0.2) is 24.3 Å². The normalized spacial score (nSPS) is 19.8. The standard InChI is InChI=1S/C23H27NO6/c1-26-18-9-13-6-7-24-17(15(13)11-20(18)28-3)8-14-10-19(27-2)21(29-4)12-16(14)22(24)23(25)30-5/h9-12,17,22H,6-8H2,1-5H3/t17-,22+/m0/s1. The van der Waals surface area contributed by atoms with Gasteiger partial charge in [0.1, 0.15) is 6.04 Å². The molecule has 0 saturated carbocycles. The van der Waals surface area contributed by atoms with E-state index in [1.165, 1.54) is 12.7 Å². The molecule has 0 saturated heterocycles. The third-order valence-corrected chi connectivity index (χ3v) is 6.15. The van der Waals surface area contributed by atoms with Gasteiger partial charge in [0.15, 0.2) is 23.0 Å². The SMILES string of the molecule is COC(=O)[C@H]1c2cc(OC)c(OC)cc2C[C@H]2c3cc(OC)c(OC)cc3CCN21. The van der Waals surface area contributed by atoms with Crippen LogP contribution in [0.5, 0.6) is 23.0 Å². The number of hydrogen-bond donors (Lipinski definition) is 0. The van der Waals surface area contributed by atoms with Crippen molar-refractivity contribution in [3.05, 3.63) is 46.5 Å². The average molecular weight is 413 g/mol. The van der Waals surface area contributed by atoms with Gasteiger partial charge in [0.05, 0.1) is 35.5 Å². The lowest BCUT2D eigenvalue weighted by atomic mass is 9.80. The van der Waals surface area contributed by atoms with E-state index < -0.39 is 6.04 Å². The van der Waals surface area contributed by atoms with Gasteiger partial charge in [-0.15, -0.1) is 0 Å². The maximum absolute atomic E-state index is 12.9. The smallest absolute Gasteiger partial charge is 0.327 e. The zero-order chi connectivity index (χ0) is 21.4. The van der Waals surface area contributed by atoms with E-state index in [1.807, 2.05) is 24.3 Å². The van der Waals surface area contributed by atoms with Gasteiger partial charge in [-0.3, -0.25) is 4.90 Å². The molecule has 0 N–H and O–H groups in total. The topological polar surface area (TPSA) is 66.5 Å².